The molecule has 2 aromatic carbocycles. The summed E-state index contributed by atoms with van der Waals surface area (Å²) in [6.45, 7) is 0.905. The van der Waals surface area contributed by atoms with Crippen molar-refractivity contribution in [3.63, 3.8) is 0 Å². The molecule has 0 fully saturated rings. The number of imidazole rings is 1. The van der Waals surface area contributed by atoms with E-state index in [1.54, 1.807) is 19.5 Å². The summed E-state index contributed by atoms with van der Waals surface area (Å²) in [5.41, 5.74) is 9.17. The monoisotopic (exact) mass is 345 g/mol. The van der Waals surface area contributed by atoms with Gasteiger partial charge in [0.15, 0.2) is 0 Å². The van der Waals surface area contributed by atoms with E-state index in [2.05, 4.69) is 4.98 Å². The third kappa shape index (κ3) is 3.27. The predicted octanol–water partition coefficient (Wildman–Crippen LogP) is 3.86. The number of halogens is 2. The minimum atomic E-state index is -0.381. The molecule has 4 nitrogen and oxygen atoms in total. The number of benzene rings is 2. The molecule has 0 bridgehead atoms. The van der Waals surface area contributed by atoms with Crippen LogP contribution in [0, 0.1) is 5.82 Å². The average Bonchev–Trinajstić information content (AvgIpc) is 2.97. The van der Waals surface area contributed by atoms with Gasteiger partial charge < -0.3 is 15.0 Å². The summed E-state index contributed by atoms with van der Waals surface area (Å²) < 4.78 is 20.5. The Morgan fingerprint density at radius 2 is 2.08 bits per heavy atom. The third-order valence-electron chi connectivity index (χ3n) is 3.81. The van der Waals surface area contributed by atoms with Crippen LogP contribution >= 0.6 is 11.6 Å². The molecule has 1 aromatic heterocycles. The summed E-state index contributed by atoms with van der Waals surface area (Å²) >= 11 is 6.16. The van der Waals surface area contributed by atoms with Gasteiger partial charge >= 0.3 is 0 Å². The van der Waals surface area contributed by atoms with Gasteiger partial charge in [-0.3, -0.25) is 0 Å². The fourth-order valence-corrected chi connectivity index (χ4v) is 2.89. The van der Waals surface area contributed by atoms with Gasteiger partial charge in [-0.25, -0.2) is 9.37 Å². The Balaban J connectivity index is 1.97. The number of ether oxygens (including phenoxy) is 1. The van der Waals surface area contributed by atoms with Crippen LogP contribution in [0.25, 0.3) is 11.3 Å². The van der Waals surface area contributed by atoms with E-state index in [0.29, 0.717) is 29.4 Å². The molecule has 3 rings (SSSR count). The molecule has 3 aromatic rings. The number of hydrogen-bond acceptors (Lipinski definition) is 3. The lowest BCUT2D eigenvalue weighted by Crippen LogP contribution is -2.09. The van der Waals surface area contributed by atoms with Crippen LogP contribution in [0.1, 0.15) is 11.3 Å². The van der Waals surface area contributed by atoms with Crippen molar-refractivity contribution < 1.29 is 9.13 Å². The molecule has 0 aliphatic rings. The number of methoxy groups -OCH3 is 1. The first kappa shape index (κ1) is 16.5. The van der Waals surface area contributed by atoms with Crippen molar-refractivity contribution >= 4 is 11.6 Å². The van der Waals surface area contributed by atoms with E-state index in [4.69, 9.17) is 22.1 Å². The second-order valence-corrected chi connectivity index (χ2v) is 5.75. The van der Waals surface area contributed by atoms with Crippen molar-refractivity contribution in [2.75, 3.05) is 7.11 Å². The zero-order valence-corrected chi connectivity index (χ0v) is 13.9. The number of aromatic nitrogens is 2. The standard InChI is InChI=1S/C18H17ClFN3O/c1-24-14-4-2-3-12(7-14)10-23-11-22-18(17(23)9-21)15-6-5-13(20)8-16(15)19/h2-8,11H,9-10,21H2,1H3. The number of rotatable bonds is 5. The first-order chi connectivity index (χ1) is 11.6. The van der Waals surface area contributed by atoms with Crippen molar-refractivity contribution in [1.82, 2.24) is 9.55 Å². The Morgan fingerprint density at radius 1 is 1.25 bits per heavy atom. The highest BCUT2D eigenvalue weighted by molar-refractivity contribution is 6.33. The van der Waals surface area contributed by atoms with Gasteiger partial charge in [0.05, 0.1) is 29.8 Å². The van der Waals surface area contributed by atoms with E-state index >= 15 is 0 Å². The van der Waals surface area contributed by atoms with Crippen molar-refractivity contribution in [1.29, 1.82) is 0 Å². The maximum absolute atomic E-state index is 13.3. The van der Waals surface area contributed by atoms with Crippen LogP contribution in [0.5, 0.6) is 5.75 Å². The van der Waals surface area contributed by atoms with Gasteiger partial charge in [-0.1, -0.05) is 23.7 Å². The van der Waals surface area contributed by atoms with E-state index in [1.807, 2.05) is 28.8 Å². The van der Waals surface area contributed by atoms with Gasteiger partial charge in [-0.15, -0.1) is 0 Å². The quantitative estimate of drug-likeness (QED) is 0.764. The Kier molecular flexibility index (Phi) is 4.83. The Labute approximate surface area is 144 Å². The summed E-state index contributed by atoms with van der Waals surface area (Å²) in [5.74, 6) is 0.414. The zero-order valence-electron chi connectivity index (χ0n) is 13.2. The second kappa shape index (κ2) is 7.03. The molecule has 0 radical (unpaired) electrons. The molecule has 6 heteroatoms. The van der Waals surface area contributed by atoms with Gasteiger partial charge in [0.1, 0.15) is 11.6 Å². The van der Waals surface area contributed by atoms with Crippen LogP contribution in [-0.2, 0) is 13.1 Å². The average molecular weight is 346 g/mol. The Morgan fingerprint density at radius 3 is 2.79 bits per heavy atom. The van der Waals surface area contributed by atoms with E-state index in [9.17, 15) is 4.39 Å². The highest BCUT2D eigenvalue weighted by Gasteiger charge is 2.15. The first-order valence-electron chi connectivity index (χ1n) is 7.44. The van der Waals surface area contributed by atoms with Crippen LogP contribution in [0.2, 0.25) is 5.02 Å². The van der Waals surface area contributed by atoms with E-state index in [-0.39, 0.29) is 5.82 Å². The van der Waals surface area contributed by atoms with Crippen LogP contribution < -0.4 is 10.5 Å². The van der Waals surface area contributed by atoms with Gasteiger partial charge in [0, 0.05) is 18.7 Å². The van der Waals surface area contributed by atoms with E-state index in [1.165, 1.54) is 12.1 Å². The molecule has 0 aliphatic carbocycles. The fraction of sp³-hybridized carbons (Fsp3) is 0.167. The molecule has 0 amide bonds. The van der Waals surface area contributed by atoms with E-state index < -0.39 is 0 Å². The predicted molar refractivity (Wildman–Crippen MR) is 92.6 cm³/mol. The second-order valence-electron chi connectivity index (χ2n) is 5.35. The van der Waals surface area contributed by atoms with Crippen LogP contribution in [0.15, 0.2) is 48.8 Å². The molecule has 24 heavy (non-hydrogen) atoms. The largest absolute Gasteiger partial charge is 0.497 e. The Hall–Kier alpha value is -2.37. The molecule has 0 saturated heterocycles. The molecule has 1 heterocycles. The normalized spacial score (nSPS) is 10.8. The van der Waals surface area contributed by atoms with Gasteiger partial charge in [0.25, 0.3) is 0 Å². The summed E-state index contributed by atoms with van der Waals surface area (Å²) in [7, 11) is 1.64. The highest BCUT2D eigenvalue weighted by atomic mass is 35.5. The molecular weight excluding hydrogens is 329 g/mol. The maximum Gasteiger partial charge on any atom is 0.124 e. The van der Waals surface area contributed by atoms with Crippen molar-refractivity contribution in [3.05, 3.63) is 70.9 Å². The lowest BCUT2D eigenvalue weighted by Gasteiger charge is -2.10. The van der Waals surface area contributed by atoms with E-state index in [0.717, 1.165) is 17.0 Å². The molecule has 124 valence electrons. The summed E-state index contributed by atoms with van der Waals surface area (Å²) in [5, 5.41) is 0.316. The SMILES string of the molecule is COc1cccc(Cn2cnc(-c3ccc(F)cc3Cl)c2CN)c1. The maximum atomic E-state index is 13.3. The number of hydrogen-bond donors (Lipinski definition) is 1. The minimum absolute atomic E-state index is 0.299. The fourth-order valence-electron chi connectivity index (χ4n) is 2.63. The molecule has 0 atom stereocenters. The number of nitrogens with zero attached hydrogens (tertiary/aromatic N) is 2. The molecule has 0 aliphatic heterocycles. The van der Waals surface area contributed by atoms with Gasteiger partial charge in [-0.05, 0) is 35.9 Å². The van der Waals surface area contributed by atoms with Crippen molar-refractivity contribution in [3.8, 4) is 17.0 Å². The van der Waals surface area contributed by atoms with Crippen LogP contribution in [0.4, 0.5) is 4.39 Å². The summed E-state index contributed by atoms with van der Waals surface area (Å²) in [6, 6.07) is 12.1. The van der Waals surface area contributed by atoms with Crippen LogP contribution in [0.3, 0.4) is 0 Å². The lowest BCUT2D eigenvalue weighted by atomic mass is 10.1. The minimum Gasteiger partial charge on any atom is -0.497 e. The third-order valence-corrected chi connectivity index (χ3v) is 4.13. The zero-order chi connectivity index (χ0) is 17.1. The summed E-state index contributed by atoms with van der Waals surface area (Å²) in [4.78, 5) is 4.43. The molecule has 0 unspecified atom stereocenters. The summed E-state index contributed by atoms with van der Waals surface area (Å²) in [6.07, 6.45) is 1.72. The van der Waals surface area contributed by atoms with Crippen molar-refractivity contribution in [2.24, 2.45) is 5.73 Å². The lowest BCUT2D eigenvalue weighted by molar-refractivity contribution is 0.414. The van der Waals surface area contributed by atoms with Gasteiger partial charge in [0.2, 0.25) is 0 Å². The topological polar surface area (TPSA) is 53.1 Å². The van der Waals surface area contributed by atoms with Crippen LogP contribution in [-0.4, -0.2) is 16.7 Å². The first-order valence-corrected chi connectivity index (χ1v) is 7.82. The smallest absolute Gasteiger partial charge is 0.124 e. The highest BCUT2D eigenvalue weighted by Crippen LogP contribution is 2.30. The molecule has 0 saturated carbocycles. The van der Waals surface area contributed by atoms with Gasteiger partial charge in [-0.2, -0.15) is 0 Å². The molecular formula is C18H17ClFN3O. The molecule has 0 spiro atoms. The Bertz CT molecular complexity index is 863. The molecule has 2 N–H and O–H groups in total. The van der Waals surface area contributed by atoms with Crippen molar-refractivity contribution in [2.45, 2.75) is 13.1 Å². The number of nitrogens with two attached hydrogens (primary N) is 1.